The van der Waals surface area contributed by atoms with Gasteiger partial charge >= 0.3 is 0 Å². The van der Waals surface area contributed by atoms with Gasteiger partial charge in [0.15, 0.2) is 9.84 Å². The highest BCUT2D eigenvalue weighted by Gasteiger charge is 2.35. The molecule has 0 aliphatic carbocycles. The highest BCUT2D eigenvalue weighted by molar-refractivity contribution is 7.91. The highest BCUT2D eigenvalue weighted by Crippen LogP contribution is 2.21. The molecule has 1 atom stereocenters. The van der Waals surface area contributed by atoms with Crippen molar-refractivity contribution in [3.63, 3.8) is 0 Å². The number of nitrogens with zero attached hydrogens (tertiary/aromatic N) is 3. The molecule has 8 nitrogen and oxygen atoms in total. The summed E-state index contributed by atoms with van der Waals surface area (Å²) in [5.41, 5.74) is 0.218. The maximum Gasteiger partial charge on any atom is 0.276 e. The van der Waals surface area contributed by atoms with Crippen molar-refractivity contribution in [2.75, 3.05) is 25.6 Å². The van der Waals surface area contributed by atoms with Gasteiger partial charge in [0.1, 0.15) is 0 Å². The van der Waals surface area contributed by atoms with E-state index in [2.05, 4.69) is 0 Å². The molecule has 1 aromatic rings. The Balaban J connectivity index is 2.22. The van der Waals surface area contributed by atoms with E-state index in [1.807, 2.05) is 0 Å². The fourth-order valence-electron chi connectivity index (χ4n) is 2.70. The Kier molecular flexibility index (Phi) is 5.35. The topological polar surface area (TPSA) is 101 Å². The summed E-state index contributed by atoms with van der Waals surface area (Å²) in [6, 6.07) is 5.67. The Labute approximate surface area is 140 Å². The second-order valence-electron chi connectivity index (χ2n) is 5.74. The molecule has 1 aliphatic heterocycles. The van der Waals surface area contributed by atoms with Gasteiger partial charge in [-0.1, -0.05) is 12.1 Å². The quantitative estimate of drug-likeness (QED) is 0.446. The summed E-state index contributed by atoms with van der Waals surface area (Å²) < 4.78 is 23.3. The van der Waals surface area contributed by atoms with E-state index in [9.17, 15) is 23.3 Å². The Morgan fingerprint density at radius 1 is 1.33 bits per heavy atom. The molecule has 0 radical (unpaired) electrons. The third kappa shape index (κ3) is 4.18. The van der Waals surface area contributed by atoms with E-state index in [0.717, 1.165) is 0 Å². The summed E-state index contributed by atoms with van der Waals surface area (Å²) in [5, 5.41) is 13.9. The minimum atomic E-state index is -3.13. The van der Waals surface area contributed by atoms with Crippen molar-refractivity contribution in [3.05, 3.63) is 46.0 Å². The van der Waals surface area contributed by atoms with Gasteiger partial charge in [0.2, 0.25) is 0 Å². The van der Waals surface area contributed by atoms with Crippen molar-refractivity contribution in [2.45, 2.75) is 12.5 Å². The predicted octanol–water partition coefficient (Wildman–Crippen LogP) is 1.10. The van der Waals surface area contributed by atoms with Crippen LogP contribution in [0.15, 0.2) is 30.3 Å². The third-order valence-electron chi connectivity index (χ3n) is 3.75. The zero-order valence-corrected chi connectivity index (χ0v) is 14.3. The first kappa shape index (κ1) is 18.1. The highest BCUT2D eigenvalue weighted by atomic mass is 32.2. The second kappa shape index (κ2) is 7.10. The Hall–Kier alpha value is -2.26. The third-order valence-corrected chi connectivity index (χ3v) is 5.50. The molecule has 1 fully saturated rings. The van der Waals surface area contributed by atoms with Crippen molar-refractivity contribution in [3.8, 4) is 0 Å². The molecular weight excluding hydrogens is 334 g/mol. The molecule has 9 heteroatoms. The summed E-state index contributed by atoms with van der Waals surface area (Å²) in [6.45, 7) is 0. The van der Waals surface area contributed by atoms with Gasteiger partial charge in [-0.05, 0) is 18.6 Å². The Bertz CT molecular complexity index is 773. The van der Waals surface area contributed by atoms with Crippen molar-refractivity contribution in [2.24, 2.45) is 0 Å². The predicted molar refractivity (Wildman–Crippen MR) is 89.7 cm³/mol. The first-order chi connectivity index (χ1) is 11.2. The maximum absolute atomic E-state index is 12.5. The van der Waals surface area contributed by atoms with E-state index in [0.29, 0.717) is 12.0 Å². The van der Waals surface area contributed by atoms with Gasteiger partial charge in [0.05, 0.1) is 28.0 Å². The average molecular weight is 353 g/mol. The number of nitro groups is 1. The van der Waals surface area contributed by atoms with Crippen LogP contribution in [0.4, 0.5) is 5.69 Å². The van der Waals surface area contributed by atoms with E-state index in [-0.39, 0.29) is 17.2 Å². The van der Waals surface area contributed by atoms with Gasteiger partial charge in [-0.25, -0.2) is 13.4 Å². The lowest BCUT2D eigenvalue weighted by atomic mass is 10.1. The smallest absolute Gasteiger partial charge is 0.268 e. The van der Waals surface area contributed by atoms with Crippen molar-refractivity contribution in [1.82, 2.24) is 10.0 Å². The first-order valence-corrected chi connectivity index (χ1v) is 9.16. The molecule has 2 rings (SSSR count). The van der Waals surface area contributed by atoms with Gasteiger partial charge in [-0.15, -0.1) is 0 Å². The van der Waals surface area contributed by atoms with Gasteiger partial charge in [-0.2, -0.15) is 0 Å². The van der Waals surface area contributed by atoms with Crippen LogP contribution in [0.2, 0.25) is 0 Å². The Morgan fingerprint density at radius 2 is 2.00 bits per heavy atom. The molecule has 1 saturated heterocycles. The normalized spacial score (nSPS) is 19.7. The molecule has 0 saturated carbocycles. The van der Waals surface area contributed by atoms with Gasteiger partial charge in [-0.3, -0.25) is 19.9 Å². The monoisotopic (exact) mass is 353 g/mol. The molecule has 1 amide bonds. The molecule has 1 unspecified atom stereocenters. The molecule has 0 bridgehead atoms. The molecule has 0 spiro atoms. The largest absolute Gasteiger partial charge is 0.276 e. The van der Waals surface area contributed by atoms with Crippen molar-refractivity contribution in [1.29, 1.82) is 0 Å². The number of para-hydroxylation sites is 1. The lowest BCUT2D eigenvalue weighted by Crippen LogP contribution is -2.48. The number of sulfone groups is 1. The minimum absolute atomic E-state index is 0.0587. The lowest BCUT2D eigenvalue weighted by molar-refractivity contribution is -0.385. The van der Waals surface area contributed by atoms with Crippen molar-refractivity contribution >= 4 is 27.5 Å². The zero-order chi connectivity index (χ0) is 17.9. The number of benzene rings is 1. The van der Waals surface area contributed by atoms with Crippen LogP contribution in [0, 0.1) is 10.1 Å². The summed E-state index contributed by atoms with van der Waals surface area (Å²) in [4.78, 5) is 22.9. The van der Waals surface area contributed by atoms with Crippen LogP contribution in [-0.2, 0) is 14.6 Å². The van der Waals surface area contributed by atoms with Crippen LogP contribution in [0.5, 0.6) is 0 Å². The molecule has 1 heterocycles. The Morgan fingerprint density at radius 3 is 2.54 bits per heavy atom. The fraction of sp³-hybridized carbons (Fsp3) is 0.400. The molecule has 0 N–H and O–H groups in total. The number of nitro benzene ring substituents is 1. The van der Waals surface area contributed by atoms with E-state index in [1.54, 1.807) is 32.3 Å². The zero-order valence-electron chi connectivity index (χ0n) is 13.5. The molecule has 1 aliphatic rings. The SMILES string of the molecule is CN(C)N(C(=O)/C=C/c1ccccc1[N+](=O)[O-])C1CCS(=O)(=O)C1. The summed E-state index contributed by atoms with van der Waals surface area (Å²) >= 11 is 0. The first-order valence-electron chi connectivity index (χ1n) is 7.33. The number of hydrogen-bond donors (Lipinski definition) is 0. The second-order valence-corrected chi connectivity index (χ2v) is 7.96. The standard InChI is InChI=1S/C15H19N3O5S/c1-16(2)17(13-9-10-24(22,23)11-13)15(19)8-7-12-5-3-4-6-14(12)18(20)21/h3-8,13H,9-11H2,1-2H3/b8-7+. The van der Waals surface area contributed by atoms with E-state index in [1.165, 1.54) is 28.2 Å². The van der Waals surface area contributed by atoms with E-state index < -0.39 is 26.7 Å². The summed E-state index contributed by atoms with van der Waals surface area (Å²) in [5.74, 6) is -0.431. The van der Waals surface area contributed by atoms with E-state index >= 15 is 0 Å². The van der Waals surface area contributed by atoms with Crippen LogP contribution in [-0.4, -0.2) is 60.9 Å². The van der Waals surface area contributed by atoms with Gasteiger partial charge in [0.25, 0.3) is 11.6 Å². The summed E-state index contributed by atoms with van der Waals surface area (Å²) in [6.07, 6.45) is 2.99. The van der Waals surface area contributed by atoms with Crippen LogP contribution >= 0.6 is 0 Å². The van der Waals surface area contributed by atoms with Crippen LogP contribution < -0.4 is 0 Å². The van der Waals surface area contributed by atoms with Crippen molar-refractivity contribution < 1.29 is 18.1 Å². The lowest BCUT2D eigenvalue weighted by Gasteiger charge is -2.32. The molecule has 1 aromatic carbocycles. The number of rotatable bonds is 5. The number of amides is 1. The number of carbonyl (C=O) groups is 1. The number of hydrogen-bond acceptors (Lipinski definition) is 6. The minimum Gasteiger partial charge on any atom is -0.268 e. The van der Waals surface area contributed by atoms with E-state index in [4.69, 9.17) is 0 Å². The molecule has 0 aromatic heterocycles. The van der Waals surface area contributed by atoms with Crippen LogP contribution in [0.1, 0.15) is 12.0 Å². The number of carbonyl (C=O) groups excluding carboxylic acids is 1. The molecular formula is C15H19N3O5S. The summed E-state index contributed by atoms with van der Waals surface area (Å²) in [7, 11) is 0.182. The number of hydrazine groups is 1. The van der Waals surface area contributed by atoms with Gasteiger partial charge in [0, 0.05) is 26.2 Å². The van der Waals surface area contributed by atoms with Gasteiger partial charge < -0.3 is 0 Å². The fourth-order valence-corrected chi connectivity index (χ4v) is 4.40. The average Bonchev–Trinajstić information content (AvgIpc) is 2.84. The van der Waals surface area contributed by atoms with Crippen LogP contribution in [0.3, 0.4) is 0 Å². The molecule has 130 valence electrons. The maximum atomic E-state index is 12.5. The molecule has 24 heavy (non-hydrogen) atoms. The van der Waals surface area contributed by atoms with Crippen LogP contribution in [0.25, 0.3) is 6.08 Å².